The predicted molar refractivity (Wildman–Crippen MR) is 134 cm³/mol. The van der Waals surface area contributed by atoms with Crippen LogP contribution in [0.5, 0.6) is 11.5 Å². The predicted octanol–water partition coefficient (Wildman–Crippen LogP) is 4.49. The molecule has 0 bridgehead atoms. The number of ether oxygens (including phenoxy) is 3. The van der Waals surface area contributed by atoms with Crippen molar-refractivity contribution in [3.8, 4) is 11.5 Å². The van der Waals surface area contributed by atoms with Crippen LogP contribution in [0.15, 0.2) is 41.3 Å². The molecule has 1 saturated heterocycles. The number of thioether (sulfide) groups is 1. The lowest BCUT2D eigenvalue weighted by atomic mass is 10.2. The van der Waals surface area contributed by atoms with Crippen molar-refractivity contribution in [2.75, 3.05) is 20.3 Å². The summed E-state index contributed by atoms with van der Waals surface area (Å²) in [4.78, 5) is 37.1. The van der Waals surface area contributed by atoms with E-state index in [2.05, 4.69) is 5.43 Å². The number of carbonyl (C=O) groups is 3. The Morgan fingerprint density at radius 3 is 2.41 bits per heavy atom. The van der Waals surface area contributed by atoms with Gasteiger partial charge in [-0.2, -0.15) is 5.01 Å². The molecule has 3 rings (SSSR count). The zero-order valence-electron chi connectivity index (χ0n) is 17.9. The summed E-state index contributed by atoms with van der Waals surface area (Å²) in [6, 6.07) is 9.45. The number of rotatable bonds is 8. The Labute approximate surface area is 215 Å². The molecule has 2 aromatic carbocycles. The van der Waals surface area contributed by atoms with Gasteiger partial charge in [0, 0.05) is 5.56 Å². The summed E-state index contributed by atoms with van der Waals surface area (Å²) >= 11 is 18.8. The lowest BCUT2D eigenvalue weighted by molar-refractivity contribution is -0.145. The van der Waals surface area contributed by atoms with Gasteiger partial charge in [0.05, 0.1) is 28.7 Å². The Hall–Kier alpha value is -2.79. The Bertz CT molecular complexity index is 1150. The van der Waals surface area contributed by atoms with Crippen LogP contribution in [0.2, 0.25) is 10.0 Å². The maximum Gasteiger partial charge on any atom is 0.344 e. The van der Waals surface area contributed by atoms with Crippen LogP contribution in [0.25, 0.3) is 6.08 Å². The second-order valence-electron chi connectivity index (χ2n) is 6.59. The summed E-state index contributed by atoms with van der Waals surface area (Å²) in [7, 11) is 1.52. The smallest absolute Gasteiger partial charge is 0.344 e. The average molecular weight is 541 g/mol. The SMILES string of the molecule is CCOC(=O)COc1c(Cl)cc(/C=C2\SC(=S)N(NC(=O)c3ccc(OC)cc3)C2=O)cc1Cl. The molecular formula is C22H18Cl2N2O6S2. The summed E-state index contributed by atoms with van der Waals surface area (Å²) in [5.74, 6) is -0.854. The van der Waals surface area contributed by atoms with Crippen molar-refractivity contribution >= 4 is 75.4 Å². The van der Waals surface area contributed by atoms with Gasteiger partial charge in [0.15, 0.2) is 16.7 Å². The Balaban J connectivity index is 1.72. The van der Waals surface area contributed by atoms with Crippen LogP contribution in [0.3, 0.4) is 0 Å². The molecule has 2 aromatic rings. The number of halogens is 2. The highest BCUT2D eigenvalue weighted by Gasteiger charge is 2.34. The van der Waals surface area contributed by atoms with Crippen LogP contribution in [-0.4, -0.2) is 47.4 Å². The van der Waals surface area contributed by atoms with Crippen molar-refractivity contribution in [2.45, 2.75) is 6.92 Å². The molecule has 0 unspecified atom stereocenters. The standard InChI is InChI=1S/C22H18Cl2N2O6S2/c1-3-31-18(27)11-32-19-15(23)8-12(9-16(19)24)10-17-21(29)26(22(33)34-17)25-20(28)13-4-6-14(30-2)7-5-13/h4-10H,3,11H2,1-2H3,(H,25,28)/b17-10-. The van der Waals surface area contributed by atoms with E-state index in [-0.39, 0.29) is 38.2 Å². The minimum atomic E-state index is -0.556. The fraction of sp³-hybridized carbons (Fsp3) is 0.182. The summed E-state index contributed by atoms with van der Waals surface area (Å²) in [6.07, 6.45) is 1.53. The average Bonchev–Trinajstić information content (AvgIpc) is 3.06. The van der Waals surface area contributed by atoms with Crippen molar-refractivity contribution in [3.63, 3.8) is 0 Å². The van der Waals surface area contributed by atoms with E-state index in [9.17, 15) is 14.4 Å². The van der Waals surface area contributed by atoms with Crippen LogP contribution >= 0.6 is 47.2 Å². The van der Waals surface area contributed by atoms with Gasteiger partial charge in [-0.3, -0.25) is 15.0 Å². The number of benzene rings is 2. The summed E-state index contributed by atoms with van der Waals surface area (Å²) in [5.41, 5.74) is 3.33. The fourth-order valence-corrected chi connectivity index (χ4v) is 4.55. The second kappa shape index (κ2) is 11.6. The number of amides is 2. The zero-order valence-corrected chi connectivity index (χ0v) is 21.1. The lowest BCUT2D eigenvalue weighted by Gasteiger charge is -2.15. The van der Waals surface area contributed by atoms with Crippen LogP contribution < -0.4 is 14.9 Å². The van der Waals surface area contributed by atoms with Gasteiger partial charge in [-0.15, -0.1) is 0 Å². The Morgan fingerprint density at radius 1 is 1.18 bits per heavy atom. The normalized spacial score (nSPS) is 14.4. The van der Waals surface area contributed by atoms with Crippen LogP contribution in [0.4, 0.5) is 0 Å². The molecule has 0 spiro atoms. The first-order chi connectivity index (χ1) is 16.2. The molecule has 0 atom stereocenters. The lowest BCUT2D eigenvalue weighted by Crippen LogP contribution is -2.44. The molecule has 0 aliphatic carbocycles. The van der Waals surface area contributed by atoms with Gasteiger partial charge in [0.2, 0.25) is 0 Å². The number of nitrogens with zero attached hydrogens (tertiary/aromatic N) is 1. The van der Waals surface area contributed by atoms with Crippen molar-refractivity contribution in [1.82, 2.24) is 10.4 Å². The fourth-order valence-electron chi connectivity index (χ4n) is 2.76. The number of hydrogen-bond donors (Lipinski definition) is 1. The first-order valence-corrected chi connectivity index (χ1v) is 11.7. The Kier molecular flexibility index (Phi) is 8.78. The molecule has 8 nitrogen and oxygen atoms in total. The van der Waals surface area contributed by atoms with Gasteiger partial charge in [0.1, 0.15) is 5.75 Å². The van der Waals surface area contributed by atoms with Crippen molar-refractivity contribution in [1.29, 1.82) is 0 Å². The van der Waals surface area contributed by atoms with E-state index in [4.69, 9.17) is 49.6 Å². The van der Waals surface area contributed by atoms with Crippen molar-refractivity contribution < 1.29 is 28.6 Å². The van der Waals surface area contributed by atoms with E-state index in [0.717, 1.165) is 16.8 Å². The molecule has 12 heteroatoms. The number of nitrogens with one attached hydrogen (secondary N) is 1. The largest absolute Gasteiger partial charge is 0.497 e. The minimum absolute atomic E-state index is 0.118. The molecule has 1 aliphatic heterocycles. The Morgan fingerprint density at radius 2 is 1.82 bits per heavy atom. The number of methoxy groups -OCH3 is 1. The number of hydrogen-bond acceptors (Lipinski definition) is 8. The van der Waals surface area contributed by atoms with E-state index in [0.29, 0.717) is 16.9 Å². The molecule has 178 valence electrons. The topological polar surface area (TPSA) is 94.2 Å². The number of thiocarbonyl (C=S) groups is 1. The van der Waals surface area contributed by atoms with Gasteiger partial charge in [-0.05, 0) is 67.2 Å². The number of esters is 1. The van der Waals surface area contributed by atoms with E-state index in [1.165, 1.54) is 25.3 Å². The monoisotopic (exact) mass is 540 g/mol. The quantitative estimate of drug-likeness (QED) is 0.297. The molecule has 0 radical (unpaired) electrons. The minimum Gasteiger partial charge on any atom is -0.497 e. The van der Waals surface area contributed by atoms with Crippen molar-refractivity contribution in [2.24, 2.45) is 0 Å². The molecule has 0 aromatic heterocycles. The van der Waals surface area contributed by atoms with Gasteiger partial charge >= 0.3 is 5.97 Å². The summed E-state index contributed by atoms with van der Waals surface area (Å²) in [5, 5.41) is 1.29. The number of hydrazine groups is 1. The molecule has 1 aliphatic rings. The maximum atomic E-state index is 12.8. The van der Waals surface area contributed by atoms with E-state index >= 15 is 0 Å². The third kappa shape index (κ3) is 6.20. The van der Waals surface area contributed by atoms with E-state index in [1.54, 1.807) is 31.2 Å². The molecule has 2 amide bonds. The van der Waals surface area contributed by atoms with Crippen LogP contribution in [0.1, 0.15) is 22.8 Å². The van der Waals surface area contributed by atoms with Gasteiger partial charge in [-0.1, -0.05) is 35.0 Å². The van der Waals surface area contributed by atoms with Crippen molar-refractivity contribution in [3.05, 3.63) is 62.5 Å². The molecule has 1 fully saturated rings. The summed E-state index contributed by atoms with van der Waals surface area (Å²) in [6.45, 7) is 1.56. The molecule has 1 N–H and O–H groups in total. The number of carbonyl (C=O) groups excluding carboxylic acids is 3. The van der Waals surface area contributed by atoms with Crippen LogP contribution in [-0.2, 0) is 14.3 Å². The molecule has 34 heavy (non-hydrogen) atoms. The summed E-state index contributed by atoms with van der Waals surface area (Å²) < 4.78 is 15.4. The maximum absolute atomic E-state index is 12.8. The molecule has 0 saturated carbocycles. The highest BCUT2D eigenvalue weighted by Crippen LogP contribution is 2.37. The highest BCUT2D eigenvalue weighted by atomic mass is 35.5. The van der Waals surface area contributed by atoms with E-state index < -0.39 is 17.8 Å². The zero-order chi connectivity index (χ0) is 24.8. The first-order valence-electron chi connectivity index (χ1n) is 9.74. The van der Waals surface area contributed by atoms with Gasteiger partial charge in [-0.25, -0.2) is 4.79 Å². The van der Waals surface area contributed by atoms with Gasteiger partial charge < -0.3 is 14.2 Å². The highest BCUT2D eigenvalue weighted by molar-refractivity contribution is 8.26. The molecular weight excluding hydrogens is 523 g/mol. The molecule has 1 heterocycles. The third-order valence-corrected chi connectivity index (χ3v) is 6.18. The first kappa shape index (κ1) is 25.8. The third-order valence-electron chi connectivity index (χ3n) is 4.32. The van der Waals surface area contributed by atoms with Gasteiger partial charge in [0.25, 0.3) is 11.8 Å². The van der Waals surface area contributed by atoms with Crippen LogP contribution in [0, 0.1) is 0 Å². The van der Waals surface area contributed by atoms with E-state index in [1.807, 2.05) is 0 Å². The second-order valence-corrected chi connectivity index (χ2v) is 9.08.